The van der Waals surface area contributed by atoms with E-state index in [2.05, 4.69) is 100 Å². The van der Waals surface area contributed by atoms with E-state index in [0.717, 1.165) is 80.7 Å². The van der Waals surface area contributed by atoms with Crippen LogP contribution in [0.25, 0.3) is 17.0 Å². The topological polar surface area (TPSA) is 83.0 Å². The number of carboxylic acid groups (broad SMARTS) is 1. The third-order valence-electron chi connectivity index (χ3n) is 10.4. The highest BCUT2D eigenvalue weighted by Crippen LogP contribution is 2.50. The van der Waals surface area contributed by atoms with Crippen molar-refractivity contribution in [3.05, 3.63) is 64.7 Å². The van der Waals surface area contributed by atoms with E-state index in [1.54, 1.807) is 0 Å². The third kappa shape index (κ3) is 9.64. The number of rotatable bonds is 14. The minimum absolute atomic E-state index is 0.0735. The van der Waals surface area contributed by atoms with Crippen molar-refractivity contribution in [1.82, 2.24) is 4.98 Å². The summed E-state index contributed by atoms with van der Waals surface area (Å²) in [5.41, 5.74) is 4.16. The van der Waals surface area contributed by atoms with Crippen LogP contribution in [-0.2, 0) is 20.7 Å². The van der Waals surface area contributed by atoms with Crippen LogP contribution in [0.3, 0.4) is 0 Å². The number of carboxylic acids is 1. The highest BCUT2D eigenvalue weighted by molar-refractivity contribution is 8.03. The van der Waals surface area contributed by atoms with Crippen molar-refractivity contribution in [2.75, 3.05) is 76.8 Å². The molecule has 2 aliphatic rings. The molecule has 0 saturated carbocycles. The number of esters is 1. The number of aryl methyl sites for hydroxylation is 1. The molecule has 1 unspecified atom stereocenters. The molecule has 3 heterocycles. The number of hydrogen-bond acceptors (Lipinski definition) is 7. The van der Waals surface area contributed by atoms with Gasteiger partial charge in [0, 0.05) is 42.8 Å². The number of carbonyl (C=O) groups is 2. The van der Waals surface area contributed by atoms with E-state index in [0.29, 0.717) is 15.5 Å². The molecule has 9 nitrogen and oxygen atoms in total. The number of nitrogens with zero attached hydrogens (tertiary/aromatic N) is 5. The molecule has 1 aromatic heterocycles. The zero-order chi connectivity index (χ0) is 37.2. The van der Waals surface area contributed by atoms with Crippen LogP contribution in [-0.4, -0.2) is 109 Å². The lowest BCUT2D eigenvalue weighted by atomic mass is 10.0. The zero-order valence-corrected chi connectivity index (χ0v) is 33.1. The SMILES string of the molecule is CC(C)(C)OC(=O)C[N+](C)(C)CCCN(CCC[N+](C)(CC(=O)O)C(C)(C)C)c1cc(C=C2Sc3cccc4c3N2CCC4)c2ccccc2n1. The summed E-state index contributed by atoms with van der Waals surface area (Å²) in [5, 5.41) is 12.2. The van der Waals surface area contributed by atoms with E-state index in [1.165, 1.54) is 21.2 Å². The number of fused-ring (bicyclic) bond motifs is 1. The van der Waals surface area contributed by atoms with Gasteiger partial charge >= 0.3 is 11.9 Å². The van der Waals surface area contributed by atoms with Crippen molar-refractivity contribution in [3.8, 4) is 0 Å². The largest absolute Gasteiger partial charge is 0.477 e. The van der Waals surface area contributed by atoms with Crippen LogP contribution in [0.1, 0.15) is 71.9 Å². The lowest BCUT2D eigenvalue weighted by Gasteiger charge is -2.45. The van der Waals surface area contributed by atoms with Crippen molar-refractivity contribution >= 4 is 52.2 Å². The van der Waals surface area contributed by atoms with Gasteiger partial charge in [-0.05, 0) is 89.8 Å². The second-order valence-corrected chi connectivity index (χ2v) is 18.2. The number of anilines is 2. The van der Waals surface area contributed by atoms with Crippen molar-refractivity contribution in [2.24, 2.45) is 0 Å². The molecular formula is C41H59N5O4S+2. The summed E-state index contributed by atoms with van der Waals surface area (Å²) < 4.78 is 6.60. The first-order chi connectivity index (χ1) is 23.8. The summed E-state index contributed by atoms with van der Waals surface area (Å²) in [6.07, 6.45) is 6.26. The van der Waals surface area contributed by atoms with Gasteiger partial charge in [-0.2, -0.15) is 0 Å². The predicted octanol–water partition coefficient (Wildman–Crippen LogP) is 7.43. The van der Waals surface area contributed by atoms with Gasteiger partial charge in [-0.15, -0.1) is 0 Å². The van der Waals surface area contributed by atoms with Crippen LogP contribution in [0.5, 0.6) is 0 Å². The molecule has 2 aromatic carbocycles. The molecule has 2 aliphatic heterocycles. The highest BCUT2D eigenvalue weighted by Gasteiger charge is 2.38. The number of thioether (sulfide) groups is 1. The summed E-state index contributed by atoms with van der Waals surface area (Å²) in [6, 6.07) is 17.3. The minimum Gasteiger partial charge on any atom is -0.477 e. The number of ether oxygens (including phenoxy) is 1. The lowest BCUT2D eigenvalue weighted by Crippen LogP contribution is -2.60. The molecule has 0 radical (unpaired) electrons. The highest BCUT2D eigenvalue weighted by atomic mass is 32.2. The first-order valence-corrected chi connectivity index (χ1v) is 19.2. The van der Waals surface area contributed by atoms with Crippen LogP contribution in [0.15, 0.2) is 58.5 Å². The van der Waals surface area contributed by atoms with Crippen LogP contribution < -0.4 is 9.80 Å². The Morgan fingerprint density at radius 3 is 2.37 bits per heavy atom. The van der Waals surface area contributed by atoms with Crippen LogP contribution >= 0.6 is 11.8 Å². The van der Waals surface area contributed by atoms with E-state index >= 15 is 0 Å². The average Bonchev–Trinajstić information content (AvgIpc) is 3.36. The first kappa shape index (κ1) is 38.6. The fourth-order valence-electron chi connectivity index (χ4n) is 7.19. The maximum absolute atomic E-state index is 12.7. The van der Waals surface area contributed by atoms with E-state index < -0.39 is 11.6 Å². The molecule has 1 N–H and O–H groups in total. The van der Waals surface area contributed by atoms with Gasteiger partial charge < -0.3 is 28.6 Å². The maximum atomic E-state index is 12.7. The lowest BCUT2D eigenvalue weighted by molar-refractivity contribution is -0.947. The zero-order valence-electron chi connectivity index (χ0n) is 32.3. The summed E-state index contributed by atoms with van der Waals surface area (Å²) >= 11 is 1.85. The summed E-state index contributed by atoms with van der Waals surface area (Å²) in [5.74, 6) is -0.0550. The third-order valence-corrected chi connectivity index (χ3v) is 11.4. The molecule has 0 saturated heterocycles. The van der Waals surface area contributed by atoms with Gasteiger partial charge in [-0.1, -0.05) is 42.1 Å². The predicted molar refractivity (Wildman–Crippen MR) is 210 cm³/mol. The van der Waals surface area contributed by atoms with E-state index in [1.807, 2.05) is 38.6 Å². The van der Waals surface area contributed by atoms with Gasteiger partial charge in [0.15, 0.2) is 13.1 Å². The first-order valence-electron chi connectivity index (χ1n) is 18.4. The number of aliphatic carboxylic acids is 1. The Hall–Kier alpha value is -3.60. The number of aromatic nitrogens is 1. The Morgan fingerprint density at radius 1 is 0.980 bits per heavy atom. The molecule has 3 aromatic rings. The normalized spacial score (nSPS) is 16.6. The maximum Gasteiger partial charge on any atom is 0.362 e. The molecule has 1 atom stereocenters. The van der Waals surface area contributed by atoms with Crippen LogP contribution in [0.4, 0.5) is 11.5 Å². The van der Waals surface area contributed by atoms with Gasteiger partial charge in [0.1, 0.15) is 11.4 Å². The number of hydrogen-bond donors (Lipinski definition) is 1. The molecule has 0 fully saturated rings. The summed E-state index contributed by atoms with van der Waals surface area (Å²) in [6.45, 7) is 16.5. The average molecular weight is 718 g/mol. The molecule has 0 spiro atoms. The van der Waals surface area contributed by atoms with Crippen molar-refractivity contribution < 1.29 is 28.4 Å². The number of quaternary nitrogens is 2. The molecule has 5 rings (SSSR count). The second kappa shape index (κ2) is 15.2. The fourth-order valence-corrected chi connectivity index (χ4v) is 8.38. The summed E-state index contributed by atoms with van der Waals surface area (Å²) in [4.78, 5) is 36.1. The Morgan fingerprint density at radius 2 is 1.69 bits per heavy atom. The molecule has 0 bridgehead atoms. The Kier molecular flexibility index (Phi) is 11.5. The fraction of sp³-hybridized carbons (Fsp3) is 0.537. The van der Waals surface area contributed by atoms with Crippen molar-refractivity contribution in [3.63, 3.8) is 0 Å². The number of likely N-dealkylation sites (N-methyl/N-ethyl adjacent to an activating group) is 2. The molecular weight excluding hydrogens is 659 g/mol. The standard InChI is InChI=1S/C41H58N5O4S/c1-40(2,3)46(9,28-37(47)48)25-15-22-43(21-14-24-45(7,8)29-38(49)50-41(4,5)6)35-26-31(32-18-10-11-19-33(32)42-35)27-36-44-23-13-17-30-16-12-20-34(51-36)39(30)44/h10-12,16,18-20,26-27H,13-15,17,21-25,28-29H2,1-9H3/q+1/p+1. The second-order valence-electron chi connectivity index (χ2n) is 17.1. The van der Waals surface area contributed by atoms with E-state index in [-0.39, 0.29) is 18.1 Å². The number of para-hydroxylation sites is 2. The quantitative estimate of drug-likeness (QED) is 0.136. The molecule has 276 valence electrons. The van der Waals surface area contributed by atoms with Gasteiger partial charge in [0.05, 0.1) is 56.0 Å². The van der Waals surface area contributed by atoms with Gasteiger partial charge in [-0.3, -0.25) is 0 Å². The van der Waals surface area contributed by atoms with Gasteiger partial charge in [-0.25, -0.2) is 14.6 Å². The smallest absolute Gasteiger partial charge is 0.362 e. The molecule has 10 heteroatoms. The molecule has 0 amide bonds. The van der Waals surface area contributed by atoms with Gasteiger partial charge in [0.2, 0.25) is 0 Å². The minimum atomic E-state index is -0.782. The van der Waals surface area contributed by atoms with E-state index in [9.17, 15) is 14.7 Å². The Balaban J connectivity index is 1.44. The van der Waals surface area contributed by atoms with E-state index in [4.69, 9.17) is 9.72 Å². The number of benzene rings is 2. The van der Waals surface area contributed by atoms with Crippen LogP contribution in [0, 0.1) is 0 Å². The van der Waals surface area contributed by atoms with Crippen molar-refractivity contribution in [2.45, 2.75) is 83.3 Å². The molecule has 51 heavy (non-hydrogen) atoms. The Labute approximate surface area is 309 Å². The van der Waals surface area contributed by atoms with Gasteiger partial charge in [0.25, 0.3) is 0 Å². The number of pyridine rings is 1. The van der Waals surface area contributed by atoms with Crippen molar-refractivity contribution in [1.29, 1.82) is 0 Å². The van der Waals surface area contributed by atoms with Crippen LogP contribution in [0.2, 0.25) is 0 Å². The number of carbonyl (C=O) groups excluding carboxylic acids is 1. The summed E-state index contributed by atoms with van der Waals surface area (Å²) in [7, 11) is 6.21. The molecule has 0 aliphatic carbocycles. The Bertz CT molecular complexity index is 1780. The monoisotopic (exact) mass is 717 g/mol.